The van der Waals surface area contributed by atoms with Gasteiger partial charge in [0, 0.05) is 17.8 Å². The fourth-order valence-corrected chi connectivity index (χ4v) is 1.29. The molecule has 0 atom stereocenters. The topological polar surface area (TPSA) is 89.8 Å². The van der Waals surface area contributed by atoms with Crippen molar-refractivity contribution < 1.29 is 4.74 Å². The van der Waals surface area contributed by atoms with E-state index in [2.05, 4.69) is 10.1 Å². The summed E-state index contributed by atoms with van der Waals surface area (Å²) in [6, 6.07) is 7.03. The zero-order chi connectivity index (χ0) is 11.5. The summed E-state index contributed by atoms with van der Waals surface area (Å²) in [4.78, 5) is 3.81. The van der Waals surface area contributed by atoms with Gasteiger partial charge in [-0.1, -0.05) is 0 Å². The van der Waals surface area contributed by atoms with Crippen molar-refractivity contribution in [2.24, 2.45) is 0 Å². The highest BCUT2D eigenvalue weighted by Gasteiger charge is 2.04. The number of ether oxygens (including phenoxy) is 1. The third-order valence-corrected chi connectivity index (χ3v) is 2.01. The Balaban J connectivity index is 2.47. The van der Waals surface area contributed by atoms with Gasteiger partial charge in [0.15, 0.2) is 0 Å². The average Bonchev–Trinajstić information content (AvgIpc) is 2.76. The lowest BCUT2D eigenvalue weighted by molar-refractivity contribution is 0.414. The summed E-state index contributed by atoms with van der Waals surface area (Å²) in [7, 11) is 1.56. The molecule has 0 amide bonds. The van der Waals surface area contributed by atoms with E-state index in [9.17, 15) is 0 Å². The third kappa shape index (κ3) is 1.79. The van der Waals surface area contributed by atoms with E-state index in [0.717, 1.165) is 0 Å². The highest BCUT2D eigenvalue weighted by Crippen LogP contribution is 2.20. The van der Waals surface area contributed by atoms with E-state index >= 15 is 0 Å². The van der Waals surface area contributed by atoms with Gasteiger partial charge < -0.3 is 10.5 Å². The first kappa shape index (κ1) is 9.98. The van der Waals surface area contributed by atoms with Gasteiger partial charge in [-0.2, -0.15) is 5.26 Å². The molecule has 0 saturated carbocycles. The second-order valence-electron chi connectivity index (χ2n) is 3.09. The molecule has 2 rings (SSSR count). The van der Waals surface area contributed by atoms with Gasteiger partial charge in [0.25, 0.3) is 5.82 Å². The molecule has 80 valence electrons. The summed E-state index contributed by atoms with van der Waals surface area (Å²) in [6.45, 7) is 0. The fraction of sp³-hybridized carbons (Fsp3) is 0.100. The Hall–Kier alpha value is -2.55. The monoisotopic (exact) mass is 215 g/mol. The summed E-state index contributed by atoms with van der Waals surface area (Å²) in [5.41, 5.74) is 6.96. The molecule has 0 radical (unpaired) electrons. The van der Waals surface area contributed by atoms with E-state index in [0.29, 0.717) is 17.1 Å². The molecule has 6 heteroatoms. The number of hydrogen-bond acceptors (Lipinski definition) is 5. The zero-order valence-corrected chi connectivity index (χ0v) is 8.58. The number of anilines is 1. The van der Waals surface area contributed by atoms with Crippen molar-refractivity contribution in [3.05, 3.63) is 30.4 Å². The number of hydrogen-bond donors (Lipinski definition) is 1. The lowest BCUT2D eigenvalue weighted by atomic mass is 10.2. The maximum absolute atomic E-state index is 8.62. The second kappa shape index (κ2) is 3.90. The van der Waals surface area contributed by atoms with Crippen molar-refractivity contribution in [1.29, 1.82) is 5.26 Å². The van der Waals surface area contributed by atoms with Crippen LogP contribution in [0.5, 0.6) is 5.75 Å². The molecule has 1 aromatic heterocycles. The quantitative estimate of drug-likeness (QED) is 0.746. The van der Waals surface area contributed by atoms with Gasteiger partial charge in [0.05, 0.1) is 12.8 Å². The lowest BCUT2D eigenvalue weighted by Gasteiger charge is -2.05. The van der Waals surface area contributed by atoms with Crippen LogP contribution in [-0.4, -0.2) is 21.9 Å². The van der Waals surface area contributed by atoms with Crippen LogP contribution in [-0.2, 0) is 0 Å². The first-order valence-corrected chi connectivity index (χ1v) is 4.49. The molecule has 0 aliphatic heterocycles. The number of aromatic nitrogens is 3. The van der Waals surface area contributed by atoms with Crippen molar-refractivity contribution in [3.63, 3.8) is 0 Å². The maximum Gasteiger partial charge on any atom is 0.252 e. The molecule has 1 heterocycles. The standard InChI is InChI=1S/C10H9N5O/c1-16-9-3-7(12)2-8(4-9)15-6-13-10(5-11)14-15/h2-4,6H,12H2,1H3. The SMILES string of the molecule is COc1cc(N)cc(-n2cnc(C#N)n2)c1. The van der Waals surface area contributed by atoms with Crippen LogP contribution >= 0.6 is 0 Å². The molecule has 0 unspecified atom stereocenters. The Morgan fingerprint density at radius 3 is 2.88 bits per heavy atom. The van der Waals surface area contributed by atoms with E-state index in [-0.39, 0.29) is 5.82 Å². The van der Waals surface area contributed by atoms with Crippen LogP contribution in [0.15, 0.2) is 24.5 Å². The molecular weight excluding hydrogens is 206 g/mol. The number of nitriles is 1. The highest BCUT2D eigenvalue weighted by molar-refractivity contribution is 5.53. The number of rotatable bonds is 2. The van der Waals surface area contributed by atoms with Gasteiger partial charge in [-0.05, 0) is 6.07 Å². The zero-order valence-electron chi connectivity index (χ0n) is 8.58. The summed E-state index contributed by atoms with van der Waals surface area (Å²) in [6.07, 6.45) is 1.45. The predicted octanol–water partition coefficient (Wildman–Crippen LogP) is 0.730. The smallest absolute Gasteiger partial charge is 0.252 e. The van der Waals surface area contributed by atoms with Crippen LogP contribution in [0.25, 0.3) is 5.69 Å². The van der Waals surface area contributed by atoms with Gasteiger partial charge in [-0.3, -0.25) is 0 Å². The van der Waals surface area contributed by atoms with Gasteiger partial charge in [-0.25, -0.2) is 9.67 Å². The molecule has 6 nitrogen and oxygen atoms in total. The number of benzene rings is 1. The summed E-state index contributed by atoms with van der Waals surface area (Å²) in [5.74, 6) is 0.741. The largest absolute Gasteiger partial charge is 0.497 e. The molecule has 2 aromatic rings. The summed E-state index contributed by atoms with van der Waals surface area (Å²) in [5, 5.41) is 12.6. The van der Waals surface area contributed by atoms with Crippen molar-refractivity contribution in [2.75, 3.05) is 12.8 Å². The molecule has 0 saturated heterocycles. The normalized spacial score (nSPS) is 9.75. The van der Waals surface area contributed by atoms with Crippen LogP contribution in [0, 0.1) is 11.3 Å². The molecular formula is C10H9N5O. The van der Waals surface area contributed by atoms with E-state index in [1.54, 1.807) is 25.3 Å². The molecule has 0 bridgehead atoms. The molecule has 0 aliphatic carbocycles. The molecule has 1 aromatic carbocycles. The number of nitrogen functional groups attached to an aromatic ring is 1. The number of nitrogens with two attached hydrogens (primary N) is 1. The first-order valence-electron chi connectivity index (χ1n) is 4.49. The molecule has 0 fully saturated rings. The van der Waals surface area contributed by atoms with E-state index in [4.69, 9.17) is 15.7 Å². The van der Waals surface area contributed by atoms with Crippen LogP contribution < -0.4 is 10.5 Å². The van der Waals surface area contributed by atoms with Crippen molar-refractivity contribution in [3.8, 4) is 17.5 Å². The van der Waals surface area contributed by atoms with E-state index < -0.39 is 0 Å². The Bertz CT molecular complexity index is 555. The Morgan fingerprint density at radius 1 is 1.44 bits per heavy atom. The van der Waals surface area contributed by atoms with Crippen molar-refractivity contribution >= 4 is 5.69 Å². The molecule has 0 aliphatic rings. The minimum atomic E-state index is 0.112. The van der Waals surface area contributed by atoms with Gasteiger partial charge >= 0.3 is 0 Å². The Kier molecular flexibility index (Phi) is 2.44. The predicted molar refractivity (Wildman–Crippen MR) is 57.0 cm³/mol. The van der Waals surface area contributed by atoms with Crippen LogP contribution in [0.1, 0.15) is 5.82 Å². The first-order chi connectivity index (χ1) is 7.72. The van der Waals surface area contributed by atoms with Crippen molar-refractivity contribution in [2.45, 2.75) is 0 Å². The van der Waals surface area contributed by atoms with Crippen LogP contribution in [0.3, 0.4) is 0 Å². The third-order valence-electron chi connectivity index (χ3n) is 2.01. The number of nitrogens with zero attached hydrogens (tertiary/aromatic N) is 4. The second-order valence-corrected chi connectivity index (χ2v) is 3.09. The van der Waals surface area contributed by atoms with E-state index in [1.165, 1.54) is 11.0 Å². The molecule has 2 N–H and O–H groups in total. The summed E-state index contributed by atoms with van der Waals surface area (Å²) < 4.78 is 6.55. The fourth-order valence-electron chi connectivity index (χ4n) is 1.29. The molecule has 0 spiro atoms. The van der Waals surface area contributed by atoms with Gasteiger partial charge in [0.1, 0.15) is 18.1 Å². The van der Waals surface area contributed by atoms with Crippen LogP contribution in [0.2, 0.25) is 0 Å². The maximum atomic E-state index is 8.62. The van der Waals surface area contributed by atoms with Gasteiger partial charge in [0.2, 0.25) is 0 Å². The van der Waals surface area contributed by atoms with E-state index in [1.807, 2.05) is 6.07 Å². The van der Waals surface area contributed by atoms with Crippen LogP contribution in [0.4, 0.5) is 5.69 Å². The number of methoxy groups -OCH3 is 1. The lowest BCUT2D eigenvalue weighted by Crippen LogP contribution is -1.98. The Labute approximate surface area is 91.9 Å². The van der Waals surface area contributed by atoms with Gasteiger partial charge in [-0.15, -0.1) is 5.10 Å². The minimum absolute atomic E-state index is 0.112. The highest BCUT2D eigenvalue weighted by atomic mass is 16.5. The summed E-state index contributed by atoms with van der Waals surface area (Å²) >= 11 is 0. The average molecular weight is 215 g/mol. The van der Waals surface area contributed by atoms with Crippen molar-refractivity contribution in [1.82, 2.24) is 14.8 Å². The molecule has 16 heavy (non-hydrogen) atoms. The Morgan fingerprint density at radius 2 is 2.25 bits per heavy atom. The minimum Gasteiger partial charge on any atom is -0.497 e.